The van der Waals surface area contributed by atoms with Gasteiger partial charge in [0, 0.05) is 11.7 Å². The maximum absolute atomic E-state index is 5.29. The predicted octanol–water partition coefficient (Wildman–Crippen LogP) is 3.58. The van der Waals surface area contributed by atoms with E-state index in [1.54, 1.807) is 7.11 Å². The molecule has 2 aromatic carbocycles. The number of aryl methyl sites for hydroxylation is 1. The van der Waals surface area contributed by atoms with Crippen molar-refractivity contribution in [2.45, 2.75) is 25.8 Å². The largest absolute Gasteiger partial charge is 0.496 e. The van der Waals surface area contributed by atoms with Crippen molar-refractivity contribution in [2.75, 3.05) is 12.4 Å². The molecule has 0 saturated heterocycles. The number of ether oxygens (including phenoxy) is 1. The van der Waals surface area contributed by atoms with E-state index in [2.05, 4.69) is 48.6 Å². The summed E-state index contributed by atoms with van der Waals surface area (Å²) in [7, 11) is 1.71. The number of hydrogen-bond acceptors (Lipinski definition) is 2. The lowest BCUT2D eigenvalue weighted by Gasteiger charge is -2.15. The Morgan fingerprint density at radius 2 is 1.74 bits per heavy atom. The summed E-state index contributed by atoms with van der Waals surface area (Å²) in [5, 5.41) is 3.62. The van der Waals surface area contributed by atoms with E-state index >= 15 is 0 Å². The van der Waals surface area contributed by atoms with Crippen LogP contribution in [0.5, 0.6) is 5.75 Å². The van der Waals surface area contributed by atoms with Crippen molar-refractivity contribution in [3.05, 3.63) is 59.2 Å². The molecule has 3 rings (SSSR count). The van der Waals surface area contributed by atoms with Crippen LogP contribution in [0.4, 0.5) is 5.69 Å². The van der Waals surface area contributed by atoms with Gasteiger partial charge in [-0.05, 0) is 54.7 Å². The highest BCUT2D eigenvalue weighted by molar-refractivity contribution is 5.52. The van der Waals surface area contributed by atoms with E-state index in [0.29, 0.717) is 6.04 Å². The van der Waals surface area contributed by atoms with E-state index in [-0.39, 0.29) is 0 Å². The van der Waals surface area contributed by atoms with Crippen LogP contribution in [0.25, 0.3) is 0 Å². The van der Waals surface area contributed by atoms with Crippen LogP contribution in [0.15, 0.2) is 42.5 Å². The Morgan fingerprint density at radius 1 is 1.05 bits per heavy atom. The summed E-state index contributed by atoms with van der Waals surface area (Å²) >= 11 is 0. The van der Waals surface area contributed by atoms with Crippen LogP contribution in [-0.2, 0) is 12.8 Å². The van der Waals surface area contributed by atoms with Gasteiger partial charge in [0.25, 0.3) is 0 Å². The summed E-state index contributed by atoms with van der Waals surface area (Å²) in [5.74, 6) is 0.945. The molecule has 0 bridgehead atoms. The van der Waals surface area contributed by atoms with Gasteiger partial charge in [-0.1, -0.05) is 24.3 Å². The van der Waals surface area contributed by atoms with Crippen molar-refractivity contribution in [3.63, 3.8) is 0 Å². The van der Waals surface area contributed by atoms with E-state index in [9.17, 15) is 0 Å². The van der Waals surface area contributed by atoms with Gasteiger partial charge in [-0.2, -0.15) is 0 Å². The van der Waals surface area contributed by atoms with E-state index in [0.717, 1.165) is 18.6 Å². The van der Waals surface area contributed by atoms with Crippen molar-refractivity contribution in [2.24, 2.45) is 0 Å². The molecule has 2 nitrogen and oxygen atoms in total. The fraction of sp³-hybridized carbons (Fsp3) is 0.294. The van der Waals surface area contributed by atoms with Crippen LogP contribution >= 0.6 is 0 Å². The molecule has 0 radical (unpaired) electrons. The first-order valence-electron chi connectivity index (χ1n) is 6.74. The number of rotatable bonds is 3. The van der Waals surface area contributed by atoms with Crippen molar-refractivity contribution in [3.8, 4) is 5.75 Å². The zero-order valence-corrected chi connectivity index (χ0v) is 11.4. The number of nitrogens with one attached hydrogen (secondary N) is 1. The topological polar surface area (TPSA) is 21.3 Å². The maximum atomic E-state index is 5.29. The molecule has 0 saturated carbocycles. The lowest BCUT2D eigenvalue weighted by molar-refractivity contribution is 0.412. The third-order valence-corrected chi connectivity index (χ3v) is 3.82. The lowest BCUT2D eigenvalue weighted by Crippen LogP contribution is -2.19. The summed E-state index contributed by atoms with van der Waals surface area (Å²) in [5.41, 5.74) is 5.30. The average Bonchev–Trinajstić information content (AvgIpc) is 2.81. The van der Waals surface area contributed by atoms with Crippen LogP contribution < -0.4 is 10.1 Å². The van der Waals surface area contributed by atoms with Gasteiger partial charge < -0.3 is 10.1 Å². The van der Waals surface area contributed by atoms with Gasteiger partial charge in [0.05, 0.1) is 7.11 Å². The second-order valence-corrected chi connectivity index (χ2v) is 5.20. The van der Waals surface area contributed by atoms with Crippen LogP contribution in [0.3, 0.4) is 0 Å². The quantitative estimate of drug-likeness (QED) is 0.902. The zero-order valence-electron chi connectivity index (χ0n) is 11.4. The van der Waals surface area contributed by atoms with Crippen LogP contribution in [0.2, 0.25) is 0 Å². The Labute approximate surface area is 114 Å². The smallest absolute Gasteiger partial charge is 0.121 e. The summed E-state index contributed by atoms with van der Waals surface area (Å²) in [4.78, 5) is 0. The molecule has 2 aromatic rings. The van der Waals surface area contributed by atoms with E-state index in [1.165, 1.54) is 22.4 Å². The number of benzene rings is 2. The molecular formula is C17H19NO. The molecule has 2 heteroatoms. The standard InChI is InChI=1S/C17H19NO/c1-12-9-15(7-8-17(12)19-2)18-16-10-13-5-3-4-6-14(13)11-16/h3-9,16,18H,10-11H2,1-2H3. The molecule has 0 fully saturated rings. The molecule has 0 heterocycles. The van der Waals surface area contributed by atoms with Crippen LogP contribution in [-0.4, -0.2) is 13.2 Å². The maximum Gasteiger partial charge on any atom is 0.121 e. The van der Waals surface area contributed by atoms with Gasteiger partial charge in [0.1, 0.15) is 5.75 Å². The van der Waals surface area contributed by atoms with Gasteiger partial charge in [-0.3, -0.25) is 0 Å². The Hall–Kier alpha value is -1.96. The monoisotopic (exact) mass is 253 g/mol. The van der Waals surface area contributed by atoms with Crippen molar-refractivity contribution in [1.29, 1.82) is 0 Å². The lowest BCUT2D eigenvalue weighted by atomic mass is 10.1. The fourth-order valence-electron chi connectivity index (χ4n) is 2.86. The van der Waals surface area contributed by atoms with Crippen molar-refractivity contribution >= 4 is 5.69 Å². The Bertz CT molecular complexity index is 567. The highest BCUT2D eigenvalue weighted by Gasteiger charge is 2.20. The minimum Gasteiger partial charge on any atom is -0.496 e. The minimum atomic E-state index is 0.505. The summed E-state index contributed by atoms with van der Waals surface area (Å²) in [6.07, 6.45) is 2.22. The summed E-state index contributed by atoms with van der Waals surface area (Å²) < 4.78 is 5.29. The number of anilines is 1. The molecule has 0 aromatic heterocycles. The molecular weight excluding hydrogens is 234 g/mol. The number of methoxy groups -OCH3 is 1. The second kappa shape index (κ2) is 4.96. The SMILES string of the molecule is COc1ccc(NC2Cc3ccccc3C2)cc1C. The van der Waals surface area contributed by atoms with E-state index in [4.69, 9.17) is 4.74 Å². The summed E-state index contributed by atoms with van der Waals surface area (Å²) in [6.45, 7) is 2.08. The molecule has 1 aliphatic carbocycles. The Morgan fingerprint density at radius 3 is 2.32 bits per heavy atom. The highest BCUT2D eigenvalue weighted by atomic mass is 16.5. The van der Waals surface area contributed by atoms with E-state index < -0.39 is 0 Å². The van der Waals surface area contributed by atoms with E-state index in [1.807, 2.05) is 6.07 Å². The Kier molecular flexibility index (Phi) is 3.16. The van der Waals surface area contributed by atoms with Crippen LogP contribution in [0.1, 0.15) is 16.7 Å². The van der Waals surface area contributed by atoms with Gasteiger partial charge >= 0.3 is 0 Å². The minimum absolute atomic E-state index is 0.505. The first-order chi connectivity index (χ1) is 9.26. The second-order valence-electron chi connectivity index (χ2n) is 5.20. The van der Waals surface area contributed by atoms with Gasteiger partial charge in [0.15, 0.2) is 0 Å². The molecule has 0 aliphatic heterocycles. The highest BCUT2D eigenvalue weighted by Crippen LogP contribution is 2.26. The first kappa shape index (κ1) is 12.1. The van der Waals surface area contributed by atoms with Crippen molar-refractivity contribution < 1.29 is 4.74 Å². The van der Waals surface area contributed by atoms with Crippen molar-refractivity contribution in [1.82, 2.24) is 0 Å². The van der Waals surface area contributed by atoms with Gasteiger partial charge in [-0.25, -0.2) is 0 Å². The third-order valence-electron chi connectivity index (χ3n) is 3.82. The first-order valence-corrected chi connectivity index (χ1v) is 6.74. The molecule has 19 heavy (non-hydrogen) atoms. The molecule has 1 aliphatic rings. The average molecular weight is 253 g/mol. The zero-order chi connectivity index (χ0) is 13.2. The normalized spacial score (nSPS) is 14.2. The van der Waals surface area contributed by atoms with Gasteiger partial charge in [0.2, 0.25) is 0 Å². The molecule has 0 spiro atoms. The molecule has 0 atom stereocenters. The molecule has 0 unspecified atom stereocenters. The predicted molar refractivity (Wildman–Crippen MR) is 79.0 cm³/mol. The number of hydrogen-bond donors (Lipinski definition) is 1. The third kappa shape index (κ3) is 2.43. The number of fused-ring (bicyclic) bond motifs is 1. The fourth-order valence-corrected chi connectivity index (χ4v) is 2.86. The van der Waals surface area contributed by atoms with Crippen LogP contribution in [0, 0.1) is 6.92 Å². The molecule has 1 N–H and O–H groups in total. The molecule has 0 amide bonds. The summed E-state index contributed by atoms with van der Waals surface area (Å²) in [6, 6.07) is 15.5. The van der Waals surface area contributed by atoms with Gasteiger partial charge in [-0.15, -0.1) is 0 Å². The Balaban J connectivity index is 1.72. The molecule has 98 valence electrons.